The third-order valence-corrected chi connectivity index (χ3v) is 4.57. The van der Waals surface area contributed by atoms with E-state index in [1.165, 1.54) is 12.1 Å². The molecular formula is C20H24FN3O4. The summed E-state index contributed by atoms with van der Waals surface area (Å²) in [6.07, 6.45) is -0.328. The van der Waals surface area contributed by atoms with Crippen molar-refractivity contribution < 1.29 is 23.5 Å². The summed E-state index contributed by atoms with van der Waals surface area (Å²) in [5.41, 5.74) is 1.89. The second kappa shape index (κ2) is 8.77. The van der Waals surface area contributed by atoms with Crippen LogP contribution in [0.1, 0.15) is 24.2 Å². The van der Waals surface area contributed by atoms with Gasteiger partial charge in [0, 0.05) is 31.9 Å². The van der Waals surface area contributed by atoms with Crippen LogP contribution in [0.5, 0.6) is 0 Å². The topological polar surface area (TPSA) is 74.9 Å². The van der Waals surface area contributed by atoms with E-state index in [2.05, 4.69) is 4.98 Å². The van der Waals surface area contributed by atoms with Crippen LogP contribution in [-0.2, 0) is 9.47 Å². The van der Waals surface area contributed by atoms with Crippen molar-refractivity contribution in [1.29, 1.82) is 0 Å². The molecule has 0 atom stereocenters. The number of H-pyrrole nitrogens is 1. The minimum Gasteiger partial charge on any atom is -0.462 e. The van der Waals surface area contributed by atoms with Gasteiger partial charge in [-0.3, -0.25) is 0 Å². The van der Waals surface area contributed by atoms with Crippen molar-refractivity contribution in [2.45, 2.75) is 13.8 Å². The number of benzene rings is 1. The SMILES string of the molecule is CCOC(=O)c1cc(-c2ccc(F)cc2)[nH]c1N1CCN(C(=O)OCC)CC1. The molecule has 1 saturated heterocycles. The molecule has 28 heavy (non-hydrogen) atoms. The maximum absolute atomic E-state index is 13.2. The standard InChI is InChI=1S/C20H24FN3O4/c1-3-27-19(25)16-13-17(14-5-7-15(21)8-6-14)22-18(16)23-9-11-24(12-10-23)20(26)28-4-2/h5-8,13,22H,3-4,9-12H2,1-2H3. The van der Waals surface area contributed by atoms with Gasteiger partial charge in [0.25, 0.3) is 0 Å². The fraction of sp³-hybridized carbons (Fsp3) is 0.400. The first-order valence-corrected chi connectivity index (χ1v) is 9.36. The van der Waals surface area contributed by atoms with Crippen LogP contribution in [0.15, 0.2) is 30.3 Å². The average molecular weight is 389 g/mol. The number of esters is 1. The normalized spacial score (nSPS) is 14.1. The van der Waals surface area contributed by atoms with E-state index >= 15 is 0 Å². The molecule has 1 aromatic heterocycles. The third-order valence-electron chi connectivity index (χ3n) is 4.57. The second-order valence-electron chi connectivity index (χ2n) is 6.35. The minimum atomic E-state index is -0.421. The molecule has 0 radical (unpaired) electrons. The van der Waals surface area contributed by atoms with Gasteiger partial charge in [-0.1, -0.05) is 0 Å². The number of anilines is 1. The molecule has 0 aliphatic carbocycles. The number of amides is 1. The molecule has 0 spiro atoms. The van der Waals surface area contributed by atoms with E-state index in [0.717, 1.165) is 5.56 Å². The van der Waals surface area contributed by atoms with Crippen molar-refractivity contribution in [1.82, 2.24) is 9.88 Å². The minimum absolute atomic E-state index is 0.270. The third kappa shape index (κ3) is 4.27. The number of hydrogen-bond donors (Lipinski definition) is 1. The smallest absolute Gasteiger partial charge is 0.409 e. The summed E-state index contributed by atoms with van der Waals surface area (Å²) in [5.74, 6) is -0.104. The molecule has 1 amide bonds. The highest BCUT2D eigenvalue weighted by atomic mass is 19.1. The lowest BCUT2D eigenvalue weighted by Gasteiger charge is -2.35. The summed E-state index contributed by atoms with van der Waals surface area (Å²) < 4.78 is 23.5. The first kappa shape index (κ1) is 19.7. The molecule has 0 saturated carbocycles. The van der Waals surface area contributed by atoms with Gasteiger partial charge < -0.3 is 24.3 Å². The van der Waals surface area contributed by atoms with E-state index in [-0.39, 0.29) is 18.5 Å². The monoisotopic (exact) mass is 389 g/mol. The van der Waals surface area contributed by atoms with Gasteiger partial charge in [0.15, 0.2) is 0 Å². The molecule has 150 valence electrons. The van der Waals surface area contributed by atoms with E-state index < -0.39 is 5.97 Å². The van der Waals surface area contributed by atoms with E-state index in [1.807, 2.05) is 4.90 Å². The number of nitrogens with zero attached hydrogens (tertiary/aromatic N) is 2. The number of carbonyl (C=O) groups is 2. The van der Waals surface area contributed by atoms with Crippen molar-refractivity contribution in [3.05, 3.63) is 41.7 Å². The van der Waals surface area contributed by atoms with Gasteiger partial charge in [-0.05, 0) is 49.7 Å². The Morgan fingerprint density at radius 3 is 2.29 bits per heavy atom. The molecule has 2 heterocycles. The van der Waals surface area contributed by atoms with Crippen LogP contribution in [-0.4, -0.2) is 61.3 Å². The van der Waals surface area contributed by atoms with Crippen LogP contribution in [0.4, 0.5) is 15.0 Å². The number of piperazine rings is 1. The fourth-order valence-corrected chi connectivity index (χ4v) is 3.17. The van der Waals surface area contributed by atoms with E-state index in [0.29, 0.717) is 49.9 Å². The van der Waals surface area contributed by atoms with Crippen LogP contribution in [0.25, 0.3) is 11.3 Å². The molecule has 3 rings (SSSR count). The summed E-state index contributed by atoms with van der Waals surface area (Å²) in [5, 5.41) is 0. The Morgan fingerprint density at radius 2 is 1.68 bits per heavy atom. The number of rotatable bonds is 5. The Balaban J connectivity index is 1.84. The Bertz CT molecular complexity index is 826. The number of aromatic amines is 1. The maximum Gasteiger partial charge on any atom is 0.409 e. The largest absolute Gasteiger partial charge is 0.462 e. The zero-order valence-corrected chi connectivity index (χ0v) is 16.0. The molecule has 1 aliphatic heterocycles. The van der Waals surface area contributed by atoms with Crippen molar-refractivity contribution in [2.75, 3.05) is 44.3 Å². The number of halogens is 1. The van der Waals surface area contributed by atoms with Crippen molar-refractivity contribution in [3.63, 3.8) is 0 Å². The van der Waals surface area contributed by atoms with Crippen LogP contribution in [0, 0.1) is 5.82 Å². The lowest BCUT2D eigenvalue weighted by molar-refractivity contribution is 0.0526. The second-order valence-corrected chi connectivity index (χ2v) is 6.35. The molecule has 0 bridgehead atoms. The van der Waals surface area contributed by atoms with E-state index in [9.17, 15) is 14.0 Å². The van der Waals surface area contributed by atoms with Crippen LogP contribution in [0.3, 0.4) is 0 Å². The number of hydrogen-bond acceptors (Lipinski definition) is 5. The Labute approximate surface area is 163 Å². The number of aromatic nitrogens is 1. The fourth-order valence-electron chi connectivity index (χ4n) is 3.17. The van der Waals surface area contributed by atoms with Gasteiger partial charge in [-0.15, -0.1) is 0 Å². The van der Waals surface area contributed by atoms with Gasteiger partial charge in [-0.25, -0.2) is 14.0 Å². The summed E-state index contributed by atoms with van der Waals surface area (Å²) in [6.45, 7) is 6.22. The maximum atomic E-state index is 13.2. The molecule has 1 aliphatic rings. The quantitative estimate of drug-likeness (QED) is 0.795. The van der Waals surface area contributed by atoms with Crippen molar-refractivity contribution in [3.8, 4) is 11.3 Å². The van der Waals surface area contributed by atoms with E-state index in [4.69, 9.17) is 9.47 Å². The first-order valence-electron chi connectivity index (χ1n) is 9.36. The van der Waals surface area contributed by atoms with Gasteiger partial charge >= 0.3 is 12.1 Å². The van der Waals surface area contributed by atoms with Gasteiger partial charge in [0.2, 0.25) is 0 Å². The zero-order valence-electron chi connectivity index (χ0n) is 16.0. The van der Waals surface area contributed by atoms with Crippen LogP contribution < -0.4 is 4.90 Å². The predicted molar refractivity (Wildman–Crippen MR) is 103 cm³/mol. The molecule has 8 heteroatoms. The molecular weight excluding hydrogens is 365 g/mol. The summed E-state index contributed by atoms with van der Waals surface area (Å²) in [6, 6.07) is 7.77. The number of ether oxygens (including phenoxy) is 2. The molecule has 1 N–H and O–H groups in total. The Kier molecular flexibility index (Phi) is 6.18. The molecule has 1 fully saturated rings. The van der Waals surface area contributed by atoms with Gasteiger partial charge in [0.05, 0.1) is 13.2 Å². The summed E-state index contributed by atoms with van der Waals surface area (Å²) in [7, 11) is 0. The predicted octanol–water partition coefficient (Wildman–Crippen LogP) is 3.28. The summed E-state index contributed by atoms with van der Waals surface area (Å²) >= 11 is 0. The highest BCUT2D eigenvalue weighted by Crippen LogP contribution is 2.29. The number of nitrogens with one attached hydrogen (secondary N) is 1. The lowest BCUT2D eigenvalue weighted by atomic mass is 10.1. The average Bonchev–Trinajstić information content (AvgIpc) is 3.14. The van der Waals surface area contributed by atoms with Crippen molar-refractivity contribution >= 4 is 17.9 Å². The highest BCUT2D eigenvalue weighted by molar-refractivity contribution is 5.97. The van der Waals surface area contributed by atoms with Gasteiger partial charge in [-0.2, -0.15) is 0 Å². The van der Waals surface area contributed by atoms with Crippen LogP contribution in [0.2, 0.25) is 0 Å². The molecule has 7 nitrogen and oxygen atoms in total. The first-order chi connectivity index (χ1) is 13.5. The number of carbonyl (C=O) groups excluding carboxylic acids is 2. The zero-order chi connectivity index (χ0) is 20.1. The molecule has 1 aromatic carbocycles. The Morgan fingerprint density at radius 1 is 1.04 bits per heavy atom. The highest BCUT2D eigenvalue weighted by Gasteiger charge is 2.27. The summed E-state index contributed by atoms with van der Waals surface area (Å²) in [4.78, 5) is 31.3. The van der Waals surface area contributed by atoms with E-state index in [1.54, 1.807) is 36.9 Å². The molecule has 0 unspecified atom stereocenters. The van der Waals surface area contributed by atoms with Crippen molar-refractivity contribution in [2.24, 2.45) is 0 Å². The van der Waals surface area contributed by atoms with Gasteiger partial charge in [0.1, 0.15) is 17.2 Å². The molecule has 2 aromatic rings. The van der Waals surface area contributed by atoms with Crippen LogP contribution >= 0.6 is 0 Å². The lowest BCUT2D eigenvalue weighted by Crippen LogP contribution is -2.49. The Hall–Kier alpha value is -3.03.